The van der Waals surface area contributed by atoms with Gasteiger partial charge in [-0.3, -0.25) is 0 Å². The summed E-state index contributed by atoms with van der Waals surface area (Å²) in [4.78, 5) is 21.3. The molecule has 0 radical (unpaired) electrons. The number of nitriles is 1. The molecule has 0 bridgehead atoms. The Morgan fingerprint density at radius 3 is 2.61 bits per heavy atom. The lowest BCUT2D eigenvalue weighted by atomic mass is 10.1. The number of nitrogens with zero attached hydrogens (tertiary/aromatic N) is 4. The highest BCUT2D eigenvalue weighted by Crippen LogP contribution is 2.17. The molecule has 1 fully saturated rings. The highest BCUT2D eigenvalue weighted by atomic mass is 16.2. The zero-order valence-corrected chi connectivity index (χ0v) is 16.3. The first-order chi connectivity index (χ1) is 13.7. The number of pyridine rings is 1. The van der Waals surface area contributed by atoms with Crippen LogP contribution in [-0.4, -0.2) is 41.6 Å². The fourth-order valence-corrected chi connectivity index (χ4v) is 3.49. The number of nitrogens with one attached hydrogen (secondary N) is 1. The number of hydrogen-bond donors (Lipinski definition) is 1. The fraction of sp³-hybridized carbons (Fsp3) is 0.409. The summed E-state index contributed by atoms with van der Waals surface area (Å²) >= 11 is 0. The second-order valence-electron chi connectivity index (χ2n) is 7.13. The van der Waals surface area contributed by atoms with Crippen LogP contribution >= 0.6 is 0 Å². The van der Waals surface area contributed by atoms with Crippen LogP contribution < -0.4 is 10.2 Å². The third kappa shape index (κ3) is 5.23. The molecule has 0 spiro atoms. The first-order valence-corrected chi connectivity index (χ1v) is 9.90. The largest absolute Gasteiger partial charge is 0.356 e. The van der Waals surface area contributed by atoms with Crippen molar-refractivity contribution < 1.29 is 4.79 Å². The topological polar surface area (TPSA) is 72.3 Å². The van der Waals surface area contributed by atoms with Crippen LogP contribution in [0.4, 0.5) is 10.6 Å². The van der Waals surface area contributed by atoms with Gasteiger partial charge in [0.25, 0.3) is 0 Å². The zero-order chi connectivity index (χ0) is 19.8. The molecule has 3 rings (SSSR count). The van der Waals surface area contributed by atoms with Gasteiger partial charge < -0.3 is 15.1 Å². The van der Waals surface area contributed by atoms with Crippen molar-refractivity contribution >= 4 is 11.8 Å². The predicted octanol–water partition coefficient (Wildman–Crippen LogP) is 3.54. The molecule has 2 heterocycles. The van der Waals surface area contributed by atoms with Crippen molar-refractivity contribution in [3.05, 3.63) is 59.8 Å². The number of benzene rings is 1. The van der Waals surface area contributed by atoms with Gasteiger partial charge in [-0.2, -0.15) is 5.26 Å². The Morgan fingerprint density at radius 2 is 2.00 bits per heavy atom. The third-order valence-corrected chi connectivity index (χ3v) is 5.03. The van der Waals surface area contributed by atoms with Crippen LogP contribution in [-0.2, 0) is 6.54 Å². The highest BCUT2D eigenvalue weighted by Gasteiger charge is 2.23. The molecule has 2 aromatic rings. The Labute approximate surface area is 166 Å². The van der Waals surface area contributed by atoms with Crippen molar-refractivity contribution in [3.8, 4) is 6.07 Å². The number of anilines is 1. The summed E-state index contributed by atoms with van der Waals surface area (Å²) < 4.78 is 0. The maximum atomic E-state index is 12.8. The SMILES string of the molecule is CCCN(Cc1ccc(C#N)cc1)C(=O)NC1CCN(c2ccccn2)CC1. The van der Waals surface area contributed by atoms with Crippen LogP contribution in [0.25, 0.3) is 0 Å². The summed E-state index contributed by atoms with van der Waals surface area (Å²) in [6.45, 7) is 5.12. The molecule has 1 aliphatic heterocycles. The summed E-state index contributed by atoms with van der Waals surface area (Å²) in [5, 5.41) is 12.1. The van der Waals surface area contributed by atoms with E-state index in [1.165, 1.54) is 0 Å². The lowest BCUT2D eigenvalue weighted by Crippen LogP contribution is -2.49. The van der Waals surface area contributed by atoms with Crippen molar-refractivity contribution in [2.75, 3.05) is 24.5 Å². The van der Waals surface area contributed by atoms with Crippen molar-refractivity contribution in [1.29, 1.82) is 5.26 Å². The quantitative estimate of drug-likeness (QED) is 0.836. The van der Waals surface area contributed by atoms with Crippen LogP contribution in [0.15, 0.2) is 48.7 Å². The summed E-state index contributed by atoms with van der Waals surface area (Å²) in [6.07, 6.45) is 4.55. The van der Waals surface area contributed by atoms with Gasteiger partial charge in [-0.25, -0.2) is 9.78 Å². The van der Waals surface area contributed by atoms with Gasteiger partial charge in [0.05, 0.1) is 11.6 Å². The van der Waals surface area contributed by atoms with Crippen molar-refractivity contribution in [1.82, 2.24) is 15.2 Å². The first kappa shape index (κ1) is 19.7. The normalized spacial score (nSPS) is 14.4. The summed E-state index contributed by atoms with van der Waals surface area (Å²) in [6, 6.07) is 15.7. The Kier molecular flexibility index (Phi) is 6.85. The molecule has 1 N–H and O–H groups in total. The molecule has 0 saturated carbocycles. The van der Waals surface area contributed by atoms with Crippen molar-refractivity contribution in [3.63, 3.8) is 0 Å². The lowest BCUT2D eigenvalue weighted by molar-refractivity contribution is 0.188. The van der Waals surface area contributed by atoms with Gasteiger partial charge in [0, 0.05) is 38.4 Å². The van der Waals surface area contributed by atoms with E-state index in [0.29, 0.717) is 18.7 Å². The Balaban J connectivity index is 1.53. The maximum Gasteiger partial charge on any atom is 0.317 e. The number of piperidine rings is 1. The summed E-state index contributed by atoms with van der Waals surface area (Å²) in [7, 11) is 0. The average molecular weight is 377 g/mol. The van der Waals surface area contributed by atoms with E-state index in [9.17, 15) is 4.79 Å². The minimum Gasteiger partial charge on any atom is -0.356 e. The van der Waals surface area contributed by atoms with Gasteiger partial charge in [-0.15, -0.1) is 0 Å². The van der Waals surface area contributed by atoms with E-state index < -0.39 is 0 Å². The molecule has 28 heavy (non-hydrogen) atoms. The minimum absolute atomic E-state index is 0.0116. The van der Waals surface area contributed by atoms with E-state index in [-0.39, 0.29) is 12.1 Å². The lowest BCUT2D eigenvalue weighted by Gasteiger charge is -2.34. The van der Waals surface area contributed by atoms with Crippen LogP contribution in [0.1, 0.15) is 37.3 Å². The van der Waals surface area contributed by atoms with E-state index in [1.807, 2.05) is 41.4 Å². The maximum absolute atomic E-state index is 12.8. The van der Waals surface area contributed by atoms with E-state index in [2.05, 4.69) is 28.2 Å². The van der Waals surface area contributed by atoms with E-state index in [0.717, 1.165) is 43.7 Å². The molecule has 0 atom stereocenters. The van der Waals surface area contributed by atoms with Gasteiger partial charge in [-0.1, -0.05) is 25.1 Å². The number of carbonyl (C=O) groups excluding carboxylic acids is 1. The van der Waals surface area contributed by atoms with E-state index >= 15 is 0 Å². The zero-order valence-electron chi connectivity index (χ0n) is 16.3. The molecule has 2 amide bonds. The molecule has 1 aliphatic rings. The molecular formula is C22H27N5O. The second kappa shape index (κ2) is 9.75. The summed E-state index contributed by atoms with van der Waals surface area (Å²) in [5.74, 6) is 1.00. The molecule has 1 aromatic heterocycles. The Morgan fingerprint density at radius 1 is 1.25 bits per heavy atom. The Hall–Kier alpha value is -3.07. The van der Waals surface area contributed by atoms with Gasteiger partial charge in [0.2, 0.25) is 0 Å². The van der Waals surface area contributed by atoms with Crippen LogP contribution in [0, 0.1) is 11.3 Å². The monoisotopic (exact) mass is 377 g/mol. The molecule has 1 saturated heterocycles. The van der Waals surface area contributed by atoms with Gasteiger partial charge in [0.1, 0.15) is 5.82 Å². The fourth-order valence-electron chi connectivity index (χ4n) is 3.49. The molecule has 6 heteroatoms. The molecule has 1 aromatic carbocycles. The van der Waals surface area contributed by atoms with Crippen LogP contribution in [0.2, 0.25) is 0 Å². The Bertz CT molecular complexity index is 792. The molecule has 6 nitrogen and oxygen atoms in total. The van der Waals surface area contributed by atoms with Crippen LogP contribution in [0.5, 0.6) is 0 Å². The molecule has 146 valence electrons. The van der Waals surface area contributed by atoms with Crippen molar-refractivity contribution in [2.24, 2.45) is 0 Å². The third-order valence-electron chi connectivity index (χ3n) is 5.03. The predicted molar refractivity (Wildman–Crippen MR) is 110 cm³/mol. The number of carbonyl (C=O) groups is 1. The number of aromatic nitrogens is 1. The second-order valence-corrected chi connectivity index (χ2v) is 7.13. The molecule has 0 aliphatic carbocycles. The number of rotatable bonds is 6. The number of amides is 2. The van der Waals surface area contributed by atoms with Gasteiger partial charge >= 0.3 is 6.03 Å². The minimum atomic E-state index is -0.0116. The smallest absolute Gasteiger partial charge is 0.317 e. The molecular weight excluding hydrogens is 350 g/mol. The first-order valence-electron chi connectivity index (χ1n) is 9.90. The summed E-state index contributed by atoms with van der Waals surface area (Å²) in [5.41, 5.74) is 1.67. The highest BCUT2D eigenvalue weighted by molar-refractivity contribution is 5.74. The molecule has 0 unspecified atom stereocenters. The van der Waals surface area contributed by atoms with Crippen LogP contribution in [0.3, 0.4) is 0 Å². The standard InChI is InChI=1S/C22H27N5O/c1-2-13-27(17-19-8-6-18(16-23)7-9-19)22(28)25-20-10-14-26(15-11-20)21-5-3-4-12-24-21/h3-9,12,20H,2,10-11,13-15,17H2,1H3,(H,25,28). The van der Waals surface area contributed by atoms with Gasteiger partial charge in [-0.05, 0) is 49.1 Å². The van der Waals surface area contributed by atoms with Gasteiger partial charge in [0.15, 0.2) is 0 Å². The van der Waals surface area contributed by atoms with E-state index in [4.69, 9.17) is 5.26 Å². The van der Waals surface area contributed by atoms with Crippen molar-refractivity contribution in [2.45, 2.75) is 38.8 Å². The van der Waals surface area contributed by atoms with E-state index in [1.54, 1.807) is 12.1 Å². The number of urea groups is 1. The average Bonchev–Trinajstić information content (AvgIpc) is 2.75. The number of hydrogen-bond acceptors (Lipinski definition) is 4.